The van der Waals surface area contributed by atoms with Crippen molar-refractivity contribution in [2.75, 3.05) is 31.9 Å². The lowest BCUT2D eigenvalue weighted by Crippen LogP contribution is -2.36. The fourth-order valence-corrected chi connectivity index (χ4v) is 3.89. The molecule has 18 heavy (non-hydrogen) atoms. The number of rotatable bonds is 7. The van der Waals surface area contributed by atoms with E-state index in [2.05, 4.69) is 12.2 Å². The van der Waals surface area contributed by atoms with Crippen molar-refractivity contribution in [1.82, 2.24) is 9.62 Å². The highest BCUT2D eigenvalue weighted by atomic mass is 32.2. The highest BCUT2D eigenvalue weighted by molar-refractivity contribution is 7.89. The minimum Gasteiger partial charge on any atom is -0.317 e. The lowest BCUT2D eigenvalue weighted by atomic mass is 10.1. The molecule has 1 heterocycles. The van der Waals surface area contributed by atoms with Crippen LogP contribution in [0.2, 0.25) is 0 Å². The van der Waals surface area contributed by atoms with Crippen LogP contribution in [0.3, 0.4) is 0 Å². The molecular weight excluding hydrogens is 248 g/mol. The molecule has 0 spiro atoms. The minimum absolute atomic E-state index is 0.295. The van der Waals surface area contributed by atoms with Crippen molar-refractivity contribution in [3.63, 3.8) is 0 Å². The summed E-state index contributed by atoms with van der Waals surface area (Å²) in [5.41, 5.74) is 0. The lowest BCUT2D eigenvalue weighted by molar-refractivity contribution is 0.363. The predicted molar refractivity (Wildman–Crippen MR) is 76.2 cm³/mol. The SMILES string of the molecule is CCCNCCCS(=O)(=O)N1CCCCCCC1. The van der Waals surface area contributed by atoms with Gasteiger partial charge in [0.25, 0.3) is 0 Å². The summed E-state index contributed by atoms with van der Waals surface area (Å²) in [6.07, 6.45) is 7.46. The molecule has 1 aliphatic heterocycles. The largest absolute Gasteiger partial charge is 0.317 e. The molecule has 0 unspecified atom stereocenters. The maximum Gasteiger partial charge on any atom is 0.214 e. The van der Waals surface area contributed by atoms with E-state index in [1.165, 1.54) is 19.3 Å². The van der Waals surface area contributed by atoms with E-state index < -0.39 is 10.0 Å². The average Bonchev–Trinajstić information content (AvgIpc) is 2.27. The van der Waals surface area contributed by atoms with Crippen LogP contribution in [0.5, 0.6) is 0 Å². The summed E-state index contributed by atoms with van der Waals surface area (Å²) in [7, 11) is -3.02. The van der Waals surface area contributed by atoms with Crippen LogP contribution in [0, 0.1) is 0 Å². The Morgan fingerprint density at radius 3 is 2.22 bits per heavy atom. The van der Waals surface area contributed by atoms with Gasteiger partial charge in [-0.15, -0.1) is 0 Å². The second-order valence-electron chi connectivity index (χ2n) is 5.09. The van der Waals surface area contributed by atoms with Crippen LogP contribution < -0.4 is 5.32 Å². The zero-order valence-corrected chi connectivity index (χ0v) is 12.5. The van der Waals surface area contributed by atoms with E-state index in [9.17, 15) is 8.42 Å². The lowest BCUT2D eigenvalue weighted by Gasteiger charge is -2.24. The number of nitrogens with one attached hydrogen (secondary N) is 1. The van der Waals surface area contributed by atoms with E-state index in [-0.39, 0.29) is 0 Å². The molecule has 0 amide bonds. The summed E-state index contributed by atoms with van der Waals surface area (Å²) < 4.78 is 26.1. The van der Waals surface area contributed by atoms with E-state index >= 15 is 0 Å². The van der Waals surface area contributed by atoms with Crippen molar-refractivity contribution in [2.24, 2.45) is 0 Å². The van der Waals surface area contributed by atoms with Crippen molar-refractivity contribution in [3.05, 3.63) is 0 Å². The Morgan fingerprint density at radius 2 is 1.61 bits per heavy atom. The predicted octanol–water partition coefficient (Wildman–Crippen LogP) is 1.97. The molecule has 0 aliphatic carbocycles. The fraction of sp³-hybridized carbons (Fsp3) is 1.00. The molecule has 0 saturated carbocycles. The Balaban J connectivity index is 2.31. The molecule has 1 rings (SSSR count). The second-order valence-corrected chi connectivity index (χ2v) is 7.17. The topological polar surface area (TPSA) is 49.4 Å². The zero-order valence-electron chi connectivity index (χ0n) is 11.7. The Kier molecular flexibility index (Phi) is 7.86. The molecule has 0 aromatic heterocycles. The molecule has 0 atom stereocenters. The first-order valence-corrected chi connectivity index (χ1v) is 8.96. The average molecular weight is 276 g/mol. The monoisotopic (exact) mass is 276 g/mol. The van der Waals surface area contributed by atoms with Crippen molar-refractivity contribution < 1.29 is 8.42 Å². The molecule has 0 radical (unpaired) electrons. The van der Waals surface area contributed by atoms with Crippen molar-refractivity contribution in [3.8, 4) is 0 Å². The third-order valence-corrected chi connectivity index (χ3v) is 5.35. The van der Waals surface area contributed by atoms with Crippen molar-refractivity contribution in [2.45, 2.75) is 51.9 Å². The molecule has 1 aliphatic rings. The van der Waals surface area contributed by atoms with Gasteiger partial charge in [-0.1, -0.05) is 26.2 Å². The number of sulfonamides is 1. The van der Waals surface area contributed by atoms with Crippen LogP contribution in [-0.2, 0) is 10.0 Å². The van der Waals surface area contributed by atoms with E-state index in [0.29, 0.717) is 5.75 Å². The molecule has 1 fully saturated rings. The van der Waals surface area contributed by atoms with Gasteiger partial charge in [-0.3, -0.25) is 0 Å². The van der Waals surface area contributed by atoms with Crippen LogP contribution >= 0.6 is 0 Å². The smallest absolute Gasteiger partial charge is 0.214 e. The van der Waals surface area contributed by atoms with Gasteiger partial charge in [0.15, 0.2) is 0 Å². The molecular formula is C13H28N2O2S. The van der Waals surface area contributed by atoms with Gasteiger partial charge in [0.1, 0.15) is 0 Å². The highest BCUT2D eigenvalue weighted by Crippen LogP contribution is 2.14. The van der Waals surface area contributed by atoms with Gasteiger partial charge >= 0.3 is 0 Å². The van der Waals surface area contributed by atoms with Gasteiger partial charge in [0, 0.05) is 13.1 Å². The van der Waals surface area contributed by atoms with Gasteiger partial charge in [0.05, 0.1) is 5.75 Å². The zero-order chi connectivity index (χ0) is 13.3. The minimum atomic E-state index is -3.02. The second kappa shape index (κ2) is 8.88. The summed E-state index contributed by atoms with van der Waals surface area (Å²) in [6, 6.07) is 0. The van der Waals surface area contributed by atoms with Gasteiger partial charge in [0.2, 0.25) is 10.0 Å². The third kappa shape index (κ3) is 6.16. The number of hydrogen-bond donors (Lipinski definition) is 1. The first-order chi connectivity index (χ1) is 8.67. The van der Waals surface area contributed by atoms with E-state index in [0.717, 1.165) is 51.9 Å². The maximum absolute atomic E-state index is 12.2. The van der Waals surface area contributed by atoms with Gasteiger partial charge in [-0.2, -0.15) is 0 Å². The first kappa shape index (κ1) is 15.9. The van der Waals surface area contributed by atoms with Gasteiger partial charge in [-0.25, -0.2) is 12.7 Å². The summed E-state index contributed by atoms with van der Waals surface area (Å²) in [5, 5.41) is 3.25. The van der Waals surface area contributed by atoms with Gasteiger partial charge in [-0.05, 0) is 38.8 Å². The molecule has 0 bridgehead atoms. The van der Waals surface area contributed by atoms with Crippen molar-refractivity contribution >= 4 is 10.0 Å². The van der Waals surface area contributed by atoms with E-state index in [1.54, 1.807) is 4.31 Å². The number of nitrogens with zero attached hydrogens (tertiary/aromatic N) is 1. The molecule has 4 nitrogen and oxygen atoms in total. The van der Waals surface area contributed by atoms with E-state index in [1.807, 2.05) is 0 Å². The Labute approximate surface area is 112 Å². The molecule has 5 heteroatoms. The Hall–Kier alpha value is -0.130. The van der Waals surface area contributed by atoms with Crippen LogP contribution in [0.15, 0.2) is 0 Å². The Morgan fingerprint density at radius 1 is 1.00 bits per heavy atom. The van der Waals surface area contributed by atoms with Gasteiger partial charge < -0.3 is 5.32 Å². The van der Waals surface area contributed by atoms with Crippen LogP contribution in [0.1, 0.15) is 51.9 Å². The highest BCUT2D eigenvalue weighted by Gasteiger charge is 2.21. The number of hydrogen-bond acceptors (Lipinski definition) is 3. The molecule has 1 N–H and O–H groups in total. The first-order valence-electron chi connectivity index (χ1n) is 7.35. The summed E-state index contributed by atoms with van der Waals surface area (Å²) in [6.45, 7) is 5.35. The normalized spacial score (nSPS) is 19.4. The van der Waals surface area contributed by atoms with Crippen LogP contribution in [0.4, 0.5) is 0 Å². The van der Waals surface area contributed by atoms with Crippen LogP contribution in [-0.4, -0.2) is 44.7 Å². The molecule has 0 aromatic carbocycles. The Bertz CT molecular complexity index is 296. The summed E-state index contributed by atoms with van der Waals surface area (Å²) >= 11 is 0. The maximum atomic E-state index is 12.2. The molecule has 0 aromatic rings. The third-order valence-electron chi connectivity index (χ3n) is 3.39. The molecule has 108 valence electrons. The molecule has 1 saturated heterocycles. The standard InChI is InChI=1S/C13H28N2O2S/c1-2-9-14-10-8-13-18(16,17)15-11-6-4-3-5-7-12-15/h14H,2-13H2,1H3. The summed E-state index contributed by atoms with van der Waals surface area (Å²) in [5.74, 6) is 0.295. The van der Waals surface area contributed by atoms with E-state index in [4.69, 9.17) is 0 Å². The fourth-order valence-electron chi connectivity index (χ4n) is 2.31. The summed E-state index contributed by atoms with van der Waals surface area (Å²) in [4.78, 5) is 0. The quantitative estimate of drug-likeness (QED) is 0.723. The van der Waals surface area contributed by atoms with Crippen LogP contribution in [0.25, 0.3) is 0 Å². The van der Waals surface area contributed by atoms with Crippen molar-refractivity contribution in [1.29, 1.82) is 0 Å².